The van der Waals surface area contributed by atoms with Crippen molar-refractivity contribution in [3.63, 3.8) is 0 Å². The standard InChI is InChI=1S/C24H24N2O5S/c1-4-29-21-13-18(8-10-20(21)31-24(28)22-6-5-11-32-22)14-25-26-23(27)15-30-19-9-7-16(2)17(3)12-19/h5-14H,4,15H2,1-3H3,(H,26,27)/b25-14-. The minimum atomic E-state index is -0.446. The number of ether oxygens (including phenoxy) is 3. The largest absolute Gasteiger partial charge is 0.490 e. The van der Waals surface area contributed by atoms with E-state index in [2.05, 4.69) is 10.5 Å². The van der Waals surface area contributed by atoms with Crippen LogP contribution in [0.1, 0.15) is 33.3 Å². The Balaban J connectivity index is 1.57. The molecule has 2 aromatic carbocycles. The summed E-state index contributed by atoms with van der Waals surface area (Å²) in [4.78, 5) is 24.7. The van der Waals surface area contributed by atoms with Gasteiger partial charge in [0.25, 0.3) is 5.91 Å². The molecular formula is C24H24N2O5S. The molecule has 0 aliphatic heterocycles. The second-order valence-electron chi connectivity index (χ2n) is 6.83. The second-order valence-corrected chi connectivity index (χ2v) is 7.78. The summed E-state index contributed by atoms with van der Waals surface area (Å²) in [6, 6.07) is 14.1. The highest BCUT2D eigenvalue weighted by Crippen LogP contribution is 2.29. The van der Waals surface area contributed by atoms with Crippen molar-refractivity contribution in [3.05, 3.63) is 75.5 Å². The molecule has 3 rings (SSSR count). The van der Waals surface area contributed by atoms with Gasteiger partial charge in [-0.25, -0.2) is 10.2 Å². The molecule has 3 aromatic rings. The fourth-order valence-electron chi connectivity index (χ4n) is 2.67. The molecule has 0 aliphatic rings. The average molecular weight is 453 g/mol. The van der Waals surface area contributed by atoms with Gasteiger partial charge in [-0.05, 0) is 79.2 Å². The predicted octanol–water partition coefficient (Wildman–Crippen LogP) is 4.51. The van der Waals surface area contributed by atoms with Crippen LogP contribution in [0.3, 0.4) is 0 Å². The van der Waals surface area contributed by atoms with Crippen LogP contribution in [0, 0.1) is 13.8 Å². The van der Waals surface area contributed by atoms with E-state index in [1.807, 2.05) is 39.0 Å². The van der Waals surface area contributed by atoms with Crippen molar-refractivity contribution >= 4 is 29.4 Å². The lowest BCUT2D eigenvalue weighted by atomic mass is 10.1. The number of thiophene rings is 1. The lowest BCUT2D eigenvalue weighted by Crippen LogP contribution is -2.24. The maximum atomic E-state index is 12.2. The molecule has 0 saturated carbocycles. The number of amides is 1. The molecule has 1 N–H and O–H groups in total. The molecule has 0 saturated heterocycles. The Hall–Kier alpha value is -3.65. The van der Waals surface area contributed by atoms with Crippen molar-refractivity contribution < 1.29 is 23.8 Å². The molecule has 32 heavy (non-hydrogen) atoms. The molecule has 0 aliphatic carbocycles. The summed E-state index contributed by atoms with van der Waals surface area (Å²) < 4.78 is 16.5. The molecule has 0 bridgehead atoms. The first-order chi connectivity index (χ1) is 15.5. The number of rotatable bonds is 9. The van der Waals surface area contributed by atoms with Gasteiger partial charge in [-0.3, -0.25) is 4.79 Å². The summed E-state index contributed by atoms with van der Waals surface area (Å²) in [5.74, 6) is 0.518. The molecule has 0 atom stereocenters. The summed E-state index contributed by atoms with van der Waals surface area (Å²) in [6.45, 7) is 6.08. The van der Waals surface area contributed by atoms with Gasteiger partial charge in [0.2, 0.25) is 0 Å². The van der Waals surface area contributed by atoms with Crippen LogP contribution in [0.4, 0.5) is 0 Å². The van der Waals surface area contributed by atoms with Crippen molar-refractivity contribution in [2.24, 2.45) is 5.10 Å². The maximum absolute atomic E-state index is 12.2. The molecule has 1 aromatic heterocycles. The van der Waals surface area contributed by atoms with Crippen LogP contribution in [0.2, 0.25) is 0 Å². The Morgan fingerprint density at radius 1 is 1.03 bits per heavy atom. The third-order valence-electron chi connectivity index (χ3n) is 4.44. The van der Waals surface area contributed by atoms with Crippen molar-refractivity contribution in [1.29, 1.82) is 0 Å². The lowest BCUT2D eigenvalue weighted by molar-refractivity contribution is -0.123. The van der Waals surface area contributed by atoms with Gasteiger partial charge in [0.15, 0.2) is 18.1 Å². The Morgan fingerprint density at radius 3 is 2.59 bits per heavy atom. The van der Waals surface area contributed by atoms with Crippen molar-refractivity contribution in [1.82, 2.24) is 5.43 Å². The molecule has 7 nitrogen and oxygen atoms in total. The number of hydrogen-bond acceptors (Lipinski definition) is 7. The van der Waals surface area contributed by atoms with E-state index in [-0.39, 0.29) is 12.5 Å². The van der Waals surface area contributed by atoms with E-state index >= 15 is 0 Å². The Labute approximate surface area is 190 Å². The van der Waals surface area contributed by atoms with Gasteiger partial charge in [0, 0.05) is 0 Å². The Bertz CT molecular complexity index is 1110. The number of carbonyl (C=O) groups excluding carboxylic acids is 2. The van der Waals surface area contributed by atoms with Gasteiger partial charge in [-0.15, -0.1) is 11.3 Å². The molecular weight excluding hydrogens is 428 g/mol. The second kappa shape index (κ2) is 11.1. The normalized spacial score (nSPS) is 10.7. The molecule has 0 spiro atoms. The van der Waals surface area contributed by atoms with Gasteiger partial charge in [-0.1, -0.05) is 12.1 Å². The van der Waals surface area contributed by atoms with E-state index in [1.54, 1.807) is 35.7 Å². The highest BCUT2D eigenvalue weighted by molar-refractivity contribution is 7.12. The van der Waals surface area contributed by atoms with Crippen LogP contribution in [0.5, 0.6) is 17.2 Å². The van der Waals surface area contributed by atoms with E-state index in [4.69, 9.17) is 14.2 Å². The zero-order valence-electron chi connectivity index (χ0n) is 18.1. The fourth-order valence-corrected chi connectivity index (χ4v) is 3.26. The third kappa shape index (κ3) is 6.42. The van der Waals surface area contributed by atoms with E-state index in [0.29, 0.717) is 34.3 Å². The monoisotopic (exact) mass is 452 g/mol. The molecule has 1 heterocycles. The zero-order chi connectivity index (χ0) is 22.9. The van der Waals surface area contributed by atoms with Gasteiger partial charge in [-0.2, -0.15) is 5.10 Å². The number of esters is 1. The van der Waals surface area contributed by atoms with E-state index in [1.165, 1.54) is 17.6 Å². The number of hydrogen-bond donors (Lipinski definition) is 1. The number of hydrazone groups is 1. The van der Waals surface area contributed by atoms with Crippen molar-refractivity contribution in [2.45, 2.75) is 20.8 Å². The summed E-state index contributed by atoms with van der Waals surface area (Å²) in [6.07, 6.45) is 1.47. The quantitative estimate of drug-likeness (QED) is 0.223. The van der Waals surface area contributed by atoms with E-state index in [9.17, 15) is 9.59 Å². The first kappa shape index (κ1) is 23.0. The smallest absolute Gasteiger partial charge is 0.353 e. The highest BCUT2D eigenvalue weighted by Gasteiger charge is 2.14. The van der Waals surface area contributed by atoms with Crippen LogP contribution in [0.15, 0.2) is 59.0 Å². The van der Waals surface area contributed by atoms with Gasteiger partial charge in [0.1, 0.15) is 10.6 Å². The zero-order valence-corrected chi connectivity index (χ0v) is 18.9. The number of nitrogens with zero attached hydrogens (tertiary/aromatic N) is 1. The molecule has 1 amide bonds. The molecule has 166 valence electrons. The number of nitrogens with one attached hydrogen (secondary N) is 1. The van der Waals surface area contributed by atoms with E-state index < -0.39 is 5.97 Å². The fraction of sp³-hybridized carbons (Fsp3) is 0.208. The molecule has 0 unspecified atom stereocenters. The first-order valence-corrected chi connectivity index (χ1v) is 10.9. The van der Waals surface area contributed by atoms with Gasteiger partial charge in [0.05, 0.1) is 12.8 Å². The third-order valence-corrected chi connectivity index (χ3v) is 5.29. The minimum Gasteiger partial charge on any atom is -0.490 e. The predicted molar refractivity (Wildman–Crippen MR) is 124 cm³/mol. The summed E-state index contributed by atoms with van der Waals surface area (Å²) >= 11 is 1.30. The molecule has 8 heteroatoms. The van der Waals surface area contributed by atoms with Crippen molar-refractivity contribution in [3.8, 4) is 17.2 Å². The Morgan fingerprint density at radius 2 is 1.88 bits per heavy atom. The van der Waals surface area contributed by atoms with Crippen LogP contribution < -0.4 is 19.6 Å². The van der Waals surface area contributed by atoms with Crippen LogP contribution >= 0.6 is 11.3 Å². The maximum Gasteiger partial charge on any atom is 0.353 e. The lowest BCUT2D eigenvalue weighted by Gasteiger charge is -2.11. The first-order valence-electron chi connectivity index (χ1n) is 10.0. The number of benzene rings is 2. The Kier molecular flexibility index (Phi) is 7.99. The summed E-state index contributed by atoms with van der Waals surface area (Å²) in [5.41, 5.74) is 5.34. The van der Waals surface area contributed by atoms with Gasteiger partial charge >= 0.3 is 5.97 Å². The topological polar surface area (TPSA) is 86.2 Å². The molecule has 0 radical (unpaired) electrons. The number of carbonyl (C=O) groups is 2. The van der Waals surface area contributed by atoms with E-state index in [0.717, 1.165) is 11.1 Å². The number of aryl methyl sites for hydroxylation is 2. The molecule has 0 fully saturated rings. The SMILES string of the molecule is CCOc1cc(/C=N\NC(=O)COc2ccc(C)c(C)c2)ccc1OC(=O)c1cccs1. The average Bonchev–Trinajstić information content (AvgIpc) is 3.32. The van der Waals surface area contributed by atoms with Crippen molar-refractivity contribution in [2.75, 3.05) is 13.2 Å². The highest BCUT2D eigenvalue weighted by atomic mass is 32.1. The summed E-state index contributed by atoms with van der Waals surface area (Å²) in [7, 11) is 0. The van der Waals surface area contributed by atoms with Crippen LogP contribution in [0.25, 0.3) is 0 Å². The van der Waals surface area contributed by atoms with Crippen LogP contribution in [-0.2, 0) is 4.79 Å². The van der Waals surface area contributed by atoms with Crippen LogP contribution in [-0.4, -0.2) is 31.3 Å². The van der Waals surface area contributed by atoms with Gasteiger partial charge < -0.3 is 14.2 Å². The minimum absolute atomic E-state index is 0.151. The summed E-state index contributed by atoms with van der Waals surface area (Å²) in [5, 5.41) is 5.76.